The Hall–Kier alpha value is -3.87. The fourth-order valence-electron chi connectivity index (χ4n) is 3.82. The first-order valence-corrected chi connectivity index (χ1v) is 10.2. The van der Waals surface area contributed by atoms with E-state index in [2.05, 4.69) is 24.4 Å². The van der Waals surface area contributed by atoms with Crippen LogP contribution in [0.4, 0.5) is 5.69 Å². The summed E-state index contributed by atoms with van der Waals surface area (Å²) >= 11 is 0. The fraction of sp³-hybridized carbons (Fsp3) is 0.208. The third-order valence-corrected chi connectivity index (χ3v) is 5.41. The Morgan fingerprint density at radius 3 is 2.61 bits per heavy atom. The van der Waals surface area contributed by atoms with Gasteiger partial charge in [-0.15, -0.1) is 0 Å². The van der Waals surface area contributed by atoms with E-state index in [9.17, 15) is 4.79 Å². The van der Waals surface area contributed by atoms with Gasteiger partial charge in [-0.3, -0.25) is 4.79 Å². The summed E-state index contributed by atoms with van der Waals surface area (Å²) in [6, 6.07) is 15.4. The van der Waals surface area contributed by atoms with Crippen LogP contribution in [0.5, 0.6) is 11.5 Å². The van der Waals surface area contributed by atoms with Crippen LogP contribution in [0.1, 0.15) is 34.2 Å². The van der Waals surface area contributed by atoms with Crippen molar-refractivity contribution >= 4 is 22.6 Å². The normalized spacial score (nSPS) is 12.4. The van der Waals surface area contributed by atoms with Gasteiger partial charge in [-0.1, -0.05) is 19.1 Å². The number of hydrogen-bond donors (Lipinski definition) is 1. The standard InChI is InChI=1S/C24H22N4O3/c1-4-16-5-8-18(9-6-16)28-23-22(15(3)27-28)19(11-14(2)25-23)24(29)26-17-7-10-20-21(12-17)31-13-30-20/h5-12H,4,13H2,1-3H3,(H,26,29). The molecule has 31 heavy (non-hydrogen) atoms. The van der Waals surface area contributed by atoms with Gasteiger partial charge in [0.05, 0.1) is 22.3 Å². The number of nitrogens with one attached hydrogen (secondary N) is 1. The van der Waals surface area contributed by atoms with Crippen LogP contribution in [0.15, 0.2) is 48.5 Å². The molecule has 0 radical (unpaired) electrons. The van der Waals surface area contributed by atoms with Gasteiger partial charge >= 0.3 is 0 Å². The van der Waals surface area contributed by atoms with Crippen LogP contribution in [0, 0.1) is 13.8 Å². The zero-order valence-electron chi connectivity index (χ0n) is 17.6. The molecule has 0 bridgehead atoms. The summed E-state index contributed by atoms with van der Waals surface area (Å²) in [4.78, 5) is 17.9. The lowest BCUT2D eigenvalue weighted by Crippen LogP contribution is -2.13. The Bertz CT molecular complexity index is 1310. The van der Waals surface area contributed by atoms with Gasteiger partial charge in [-0.2, -0.15) is 5.10 Å². The van der Waals surface area contributed by atoms with E-state index in [-0.39, 0.29) is 12.7 Å². The summed E-state index contributed by atoms with van der Waals surface area (Å²) in [6.07, 6.45) is 0.973. The van der Waals surface area contributed by atoms with Crippen LogP contribution < -0.4 is 14.8 Å². The minimum absolute atomic E-state index is 0.189. The van der Waals surface area contributed by atoms with Gasteiger partial charge in [0.25, 0.3) is 5.91 Å². The molecule has 0 saturated heterocycles. The highest BCUT2D eigenvalue weighted by molar-refractivity contribution is 6.13. The van der Waals surface area contributed by atoms with Gasteiger partial charge in [0.1, 0.15) is 0 Å². The third-order valence-electron chi connectivity index (χ3n) is 5.41. The van der Waals surface area contributed by atoms with Gasteiger partial charge in [-0.25, -0.2) is 9.67 Å². The van der Waals surface area contributed by atoms with Crippen molar-refractivity contribution in [1.82, 2.24) is 14.8 Å². The van der Waals surface area contributed by atoms with Gasteiger partial charge in [-0.05, 0) is 56.2 Å². The van der Waals surface area contributed by atoms with E-state index in [1.165, 1.54) is 5.56 Å². The Morgan fingerprint density at radius 1 is 1.06 bits per heavy atom. The Morgan fingerprint density at radius 2 is 1.84 bits per heavy atom. The molecule has 0 unspecified atom stereocenters. The van der Waals surface area contributed by atoms with E-state index in [4.69, 9.17) is 19.6 Å². The summed E-state index contributed by atoms with van der Waals surface area (Å²) in [5.74, 6) is 1.07. The zero-order chi connectivity index (χ0) is 21.5. The van der Waals surface area contributed by atoms with Crippen molar-refractivity contribution in [2.45, 2.75) is 27.2 Å². The van der Waals surface area contributed by atoms with Crippen LogP contribution in [0.2, 0.25) is 0 Å². The number of amides is 1. The Kier molecular flexibility index (Phi) is 4.58. The van der Waals surface area contributed by atoms with E-state index in [1.54, 1.807) is 28.9 Å². The predicted molar refractivity (Wildman–Crippen MR) is 118 cm³/mol. The summed E-state index contributed by atoms with van der Waals surface area (Å²) in [6.45, 7) is 6.09. The summed E-state index contributed by atoms with van der Waals surface area (Å²) in [7, 11) is 0. The second kappa shape index (κ2) is 7.43. The van der Waals surface area contributed by atoms with Crippen LogP contribution in [0.25, 0.3) is 16.7 Å². The van der Waals surface area contributed by atoms with E-state index in [1.807, 2.05) is 26.0 Å². The number of ether oxygens (including phenoxy) is 2. The monoisotopic (exact) mass is 414 g/mol. The minimum atomic E-state index is -0.224. The second-order valence-electron chi connectivity index (χ2n) is 7.55. The lowest BCUT2D eigenvalue weighted by molar-refractivity contribution is 0.102. The number of aryl methyl sites for hydroxylation is 3. The van der Waals surface area contributed by atoms with Crippen molar-refractivity contribution in [1.29, 1.82) is 0 Å². The molecule has 0 atom stereocenters. The molecule has 7 nitrogen and oxygen atoms in total. The number of anilines is 1. The number of nitrogens with zero attached hydrogens (tertiary/aromatic N) is 3. The van der Waals surface area contributed by atoms with Crippen molar-refractivity contribution < 1.29 is 14.3 Å². The number of hydrogen-bond acceptors (Lipinski definition) is 5. The highest BCUT2D eigenvalue weighted by Crippen LogP contribution is 2.34. The first-order chi connectivity index (χ1) is 15.0. The number of fused-ring (bicyclic) bond motifs is 2. The van der Waals surface area contributed by atoms with Gasteiger partial charge in [0, 0.05) is 17.4 Å². The molecule has 2 aromatic carbocycles. The minimum Gasteiger partial charge on any atom is -0.454 e. The van der Waals surface area contributed by atoms with Crippen LogP contribution in [-0.4, -0.2) is 27.5 Å². The average Bonchev–Trinajstić information content (AvgIpc) is 3.37. The molecule has 0 fully saturated rings. The Labute approximate surface area is 179 Å². The van der Waals surface area contributed by atoms with Gasteiger partial charge < -0.3 is 14.8 Å². The molecule has 3 heterocycles. The molecule has 1 aliphatic heterocycles. The van der Waals surface area contributed by atoms with Crippen molar-refractivity contribution in [2.24, 2.45) is 0 Å². The first-order valence-electron chi connectivity index (χ1n) is 10.2. The largest absolute Gasteiger partial charge is 0.454 e. The van der Waals surface area contributed by atoms with Gasteiger partial charge in [0.2, 0.25) is 6.79 Å². The molecule has 0 spiro atoms. The highest BCUT2D eigenvalue weighted by Gasteiger charge is 2.21. The summed E-state index contributed by atoms with van der Waals surface area (Å²) in [5, 5.41) is 8.39. The molecular formula is C24H22N4O3. The second-order valence-corrected chi connectivity index (χ2v) is 7.55. The maximum Gasteiger partial charge on any atom is 0.256 e. The summed E-state index contributed by atoms with van der Waals surface area (Å²) < 4.78 is 12.5. The maximum atomic E-state index is 13.2. The lowest BCUT2D eigenvalue weighted by Gasteiger charge is -2.09. The maximum absolute atomic E-state index is 13.2. The molecule has 4 aromatic rings. The smallest absolute Gasteiger partial charge is 0.256 e. The van der Waals surface area contributed by atoms with Gasteiger partial charge in [0.15, 0.2) is 17.1 Å². The van der Waals surface area contributed by atoms with Crippen LogP contribution in [0.3, 0.4) is 0 Å². The molecular weight excluding hydrogens is 392 g/mol. The number of pyridine rings is 1. The lowest BCUT2D eigenvalue weighted by atomic mass is 10.1. The number of rotatable bonds is 4. The molecule has 1 amide bonds. The third kappa shape index (κ3) is 3.38. The summed E-state index contributed by atoms with van der Waals surface area (Å²) in [5.41, 5.74) is 5.50. The molecule has 7 heteroatoms. The molecule has 2 aromatic heterocycles. The van der Waals surface area contributed by atoms with Crippen molar-refractivity contribution in [3.8, 4) is 17.2 Å². The predicted octanol–water partition coefficient (Wildman–Crippen LogP) is 4.58. The number of carbonyl (C=O) groups excluding carboxylic acids is 1. The quantitative estimate of drug-likeness (QED) is 0.529. The SMILES string of the molecule is CCc1ccc(-n2nc(C)c3c(C(=O)Nc4ccc5c(c4)OCO5)cc(C)nc32)cc1. The van der Waals surface area contributed by atoms with Crippen molar-refractivity contribution in [3.63, 3.8) is 0 Å². The zero-order valence-corrected chi connectivity index (χ0v) is 17.6. The fourth-order valence-corrected chi connectivity index (χ4v) is 3.82. The molecule has 1 aliphatic rings. The topological polar surface area (TPSA) is 78.3 Å². The number of aromatic nitrogens is 3. The van der Waals surface area contributed by atoms with Crippen molar-refractivity contribution in [2.75, 3.05) is 12.1 Å². The van der Waals surface area contributed by atoms with E-state index in [0.29, 0.717) is 28.4 Å². The van der Waals surface area contributed by atoms with E-state index >= 15 is 0 Å². The molecule has 0 aliphatic carbocycles. The van der Waals surface area contributed by atoms with E-state index in [0.717, 1.165) is 28.9 Å². The Balaban J connectivity index is 1.55. The number of benzene rings is 2. The van der Waals surface area contributed by atoms with Crippen LogP contribution >= 0.6 is 0 Å². The molecule has 0 saturated carbocycles. The first kappa shape index (κ1) is 19.1. The number of carbonyl (C=O) groups is 1. The van der Waals surface area contributed by atoms with Crippen LogP contribution in [-0.2, 0) is 6.42 Å². The average molecular weight is 414 g/mol. The highest BCUT2D eigenvalue weighted by atomic mass is 16.7. The molecule has 156 valence electrons. The molecule has 1 N–H and O–H groups in total. The van der Waals surface area contributed by atoms with E-state index < -0.39 is 0 Å². The molecule has 5 rings (SSSR count). The van der Waals surface area contributed by atoms with Crippen molar-refractivity contribution in [3.05, 3.63) is 71.0 Å².